The molecule has 3 aromatic rings. The molecule has 0 radical (unpaired) electrons. The first-order chi connectivity index (χ1) is 16.4. The molecule has 0 atom stereocenters. The fourth-order valence-electron chi connectivity index (χ4n) is 3.65. The lowest BCUT2D eigenvalue weighted by molar-refractivity contribution is -0.384. The minimum absolute atomic E-state index is 0.0712. The number of nitro benzene ring substituents is 1. The van der Waals surface area contributed by atoms with Gasteiger partial charge in [0.2, 0.25) is 0 Å². The fraction of sp³-hybridized carbons (Fsp3) is 0.318. The summed E-state index contributed by atoms with van der Waals surface area (Å²) in [5.74, 6) is -1.14. The first-order valence-corrected chi connectivity index (χ1v) is 11.7. The number of fused-ring (bicyclic) bond motifs is 1. The molecule has 1 amide bonds. The third-order valence-electron chi connectivity index (χ3n) is 5.21. The van der Waals surface area contributed by atoms with Crippen molar-refractivity contribution >= 4 is 56.4 Å². The highest BCUT2D eigenvalue weighted by molar-refractivity contribution is 7.16. The Bertz CT molecular complexity index is 1330. The third kappa shape index (κ3) is 5.11. The number of aromatic nitrogens is 1. The van der Waals surface area contributed by atoms with Gasteiger partial charge in [0, 0.05) is 29.7 Å². The Morgan fingerprint density at radius 2 is 2.00 bits per heavy atom. The van der Waals surface area contributed by atoms with E-state index in [1.165, 1.54) is 23.5 Å². The molecule has 10 nitrogen and oxygen atoms in total. The Kier molecular flexibility index (Phi) is 7.25. The topological polar surface area (TPSA) is 116 Å². The van der Waals surface area contributed by atoms with Crippen molar-refractivity contribution in [1.82, 2.24) is 4.57 Å². The van der Waals surface area contributed by atoms with Crippen LogP contribution in [0.3, 0.4) is 0 Å². The van der Waals surface area contributed by atoms with Crippen LogP contribution in [0.25, 0.3) is 10.2 Å². The molecule has 1 aliphatic heterocycles. The Morgan fingerprint density at radius 3 is 2.71 bits per heavy atom. The monoisotopic (exact) mass is 504 g/mol. The molecule has 0 bridgehead atoms. The van der Waals surface area contributed by atoms with Crippen molar-refractivity contribution in [2.24, 2.45) is 4.99 Å². The summed E-state index contributed by atoms with van der Waals surface area (Å²) in [7, 11) is 0. The van der Waals surface area contributed by atoms with Gasteiger partial charge in [0.15, 0.2) is 4.80 Å². The minimum atomic E-state index is -0.660. The SMILES string of the molecule is CCOC(=O)Cn1c(=NC(=O)c2ccc(N3CCOCC3)c([N+](=O)[O-])c2)sc2cc(Cl)ccc21. The number of ether oxygens (including phenoxy) is 2. The summed E-state index contributed by atoms with van der Waals surface area (Å²) in [6, 6.07) is 9.44. The van der Waals surface area contributed by atoms with Crippen molar-refractivity contribution in [3.63, 3.8) is 0 Å². The maximum Gasteiger partial charge on any atom is 0.326 e. The first kappa shape index (κ1) is 23.9. The number of hydrogen-bond donors (Lipinski definition) is 0. The summed E-state index contributed by atoms with van der Waals surface area (Å²) < 4.78 is 12.7. The van der Waals surface area contributed by atoms with Crippen molar-refractivity contribution in [3.05, 3.63) is 61.9 Å². The van der Waals surface area contributed by atoms with Gasteiger partial charge in [0.05, 0.1) is 35.0 Å². The van der Waals surface area contributed by atoms with Crippen molar-refractivity contribution in [2.75, 3.05) is 37.8 Å². The van der Waals surface area contributed by atoms with E-state index in [4.69, 9.17) is 21.1 Å². The molecule has 34 heavy (non-hydrogen) atoms. The van der Waals surface area contributed by atoms with Crippen LogP contribution in [-0.4, -0.2) is 54.3 Å². The van der Waals surface area contributed by atoms with Gasteiger partial charge in [-0.3, -0.25) is 19.7 Å². The van der Waals surface area contributed by atoms with E-state index in [1.807, 2.05) is 4.90 Å². The van der Waals surface area contributed by atoms with Crippen molar-refractivity contribution in [1.29, 1.82) is 0 Å². The van der Waals surface area contributed by atoms with E-state index in [9.17, 15) is 19.7 Å². The van der Waals surface area contributed by atoms with Crippen LogP contribution in [0.1, 0.15) is 17.3 Å². The van der Waals surface area contributed by atoms with E-state index >= 15 is 0 Å². The summed E-state index contributed by atoms with van der Waals surface area (Å²) in [4.78, 5) is 42.7. The first-order valence-electron chi connectivity index (χ1n) is 10.5. The number of benzene rings is 2. The number of rotatable bonds is 6. The number of esters is 1. The van der Waals surface area contributed by atoms with Crippen LogP contribution >= 0.6 is 22.9 Å². The molecule has 1 fully saturated rings. The minimum Gasteiger partial charge on any atom is -0.465 e. The molecule has 0 unspecified atom stereocenters. The zero-order chi connectivity index (χ0) is 24.2. The molecule has 4 rings (SSSR count). The lowest BCUT2D eigenvalue weighted by Gasteiger charge is -2.28. The number of hydrogen-bond acceptors (Lipinski definition) is 8. The van der Waals surface area contributed by atoms with Gasteiger partial charge in [0.25, 0.3) is 11.6 Å². The predicted molar refractivity (Wildman–Crippen MR) is 127 cm³/mol. The molecule has 2 aromatic carbocycles. The molecular formula is C22H21ClN4O6S. The number of carbonyl (C=O) groups excluding carboxylic acids is 2. The van der Waals surface area contributed by atoms with Gasteiger partial charge in [-0.05, 0) is 37.3 Å². The second-order valence-electron chi connectivity index (χ2n) is 7.36. The van der Waals surface area contributed by atoms with Gasteiger partial charge in [-0.2, -0.15) is 4.99 Å². The molecular weight excluding hydrogens is 484 g/mol. The quantitative estimate of drug-likeness (QED) is 0.287. The molecule has 2 heterocycles. The highest BCUT2D eigenvalue weighted by atomic mass is 35.5. The van der Waals surface area contributed by atoms with Crippen LogP contribution in [0.4, 0.5) is 11.4 Å². The number of thiazole rings is 1. The normalized spacial score (nSPS) is 14.4. The Hall–Kier alpha value is -3.28. The van der Waals surface area contributed by atoms with Gasteiger partial charge in [-0.15, -0.1) is 0 Å². The van der Waals surface area contributed by atoms with Crippen molar-refractivity contribution in [3.8, 4) is 0 Å². The average Bonchev–Trinajstić information content (AvgIpc) is 3.14. The number of carbonyl (C=O) groups is 2. The van der Waals surface area contributed by atoms with Crippen LogP contribution in [0.2, 0.25) is 5.02 Å². The van der Waals surface area contributed by atoms with E-state index in [0.717, 1.165) is 4.70 Å². The smallest absolute Gasteiger partial charge is 0.326 e. The summed E-state index contributed by atoms with van der Waals surface area (Å²) in [5, 5.41) is 12.2. The molecule has 0 spiro atoms. The van der Waals surface area contributed by atoms with E-state index in [2.05, 4.69) is 4.99 Å². The molecule has 0 aliphatic carbocycles. The van der Waals surface area contributed by atoms with Gasteiger partial charge in [0.1, 0.15) is 12.2 Å². The second-order valence-corrected chi connectivity index (χ2v) is 8.81. The highest BCUT2D eigenvalue weighted by Crippen LogP contribution is 2.30. The maximum absolute atomic E-state index is 13.0. The number of nitrogens with zero attached hydrogens (tertiary/aromatic N) is 4. The van der Waals surface area contributed by atoms with Gasteiger partial charge < -0.3 is 18.9 Å². The van der Waals surface area contributed by atoms with Gasteiger partial charge in [-0.1, -0.05) is 22.9 Å². The van der Waals surface area contributed by atoms with Crippen LogP contribution in [0.15, 0.2) is 41.4 Å². The largest absolute Gasteiger partial charge is 0.465 e. The molecule has 1 aliphatic rings. The molecule has 0 N–H and O–H groups in total. The molecule has 0 saturated carbocycles. The van der Waals surface area contributed by atoms with Crippen molar-refractivity contribution < 1.29 is 24.0 Å². The van der Waals surface area contributed by atoms with E-state index in [0.29, 0.717) is 42.5 Å². The average molecular weight is 505 g/mol. The lowest BCUT2D eigenvalue weighted by Crippen LogP contribution is -2.36. The highest BCUT2D eigenvalue weighted by Gasteiger charge is 2.23. The van der Waals surface area contributed by atoms with E-state index in [1.54, 1.807) is 35.8 Å². The van der Waals surface area contributed by atoms with Crippen molar-refractivity contribution in [2.45, 2.75) is 13.5 Å². The van der Waals surface area contributed by atoms with Gasteiger partial charge in [-0.25, -0.2) is 0 Å². The number of morpholine rings is 1. The fourth-order valence-corrected chi connectivity index (χ4v) is 4.95. The number of halogens is 1. The second kappa shape index (κ2) is 10.3. The molecule has 1 saturated heterocycles. The van der Waals surface area contributed by atoms with Crippen LogP contribution in [-0.2, 0) is 20.8 Å². The predicted octanol–water partition coefficient (Wildman–Crippen LogP) is 3.41. The van der Waals surface area contributed by atoms with Crippen LogP contribution < -0.4 is 9.70 Å². The van der Waals surface area contributed by atoms with Crippen LogP contribution in [0, 0.1) is 10.1 Å². The third-order valence-corrected chi connectivity index (χ3v) is 6.48. The van der Waals surface area contributed by atoms with E-state index < -0.39 is 16.8 Å². The standard InChI is InChI=1S/C22H21ClN4O6S/c1-2-33-20(28)13-26-17-6-4-15(23)12-19(17)34-22(26)24-21(29)14-3-5-16(18(11-14)27(30)31)25-7-9-32-10-8-25/h3-6,11-12H,2,7-10,13H2,1H3. The molecule has 1 aromatic heterocycles. The summed E-state index contributed by atoms with van der Waals surface area (Å²) in [6.07, 6.45) is 0. The molecule has 12 heteroatoms. The summed E-state index contributed by atoms with van der Waals surface area (Å²) in [5.41, 5.74) is 0.994. The Labute approximate surface area is 203 Å². The number of nitro groups is 1. The van der Waals surface area contributed by atoms with Gasteiger partial charge >= 0.3 is 5.97 Å². The lowest BCUT2D eigenvalue weighted by atomic mass is 10.1. The Morgan fingerprint density at radius 1 is 1.24 bits per heavy atom. The van der Waals surface area contributed by atoms with Crippen LogP contribution in [0.5, 0.6) is 0 Å². The molecule has 178 valence electrons. The maximum atomic E-state index is 13.0. The Balaban J connectivity index is 1.74. The summed E-state index contributed by atoms with van der Waals surface area (Å²) in [6.45, 7) is 3.78. The van der Waals surface area contributed by atoms with E-state index in [-0.39, 0.29) is 29.2 Å². The zero-order valence-electron chi connectivity index (χ0n) is 18.2. The number of anilines is 1. The number of amides is 1. The zero-order valence-corrected chi connectivity index (χ0v) is 19.8. The summed E-state index contributed by atoms with van der Waals surface area (Å²) >= 11 is 7.28.